The molecule has 1 heterocycles. The number of halogens is 1. The van der Waals surface area contributed by atoms with Crippen molar-refractivity contribution in [3.63, 3.8) is 0 Å². The zero-order valence-corrected chi connectivity index (χ0v) is 11.1. The van der Waals surface area contributed by atoms with Crippen molar-refractivity contribution in [2.75, 3.05) is 32.7 Å². The van der Waals surface area contributed by atoms with Gasteiger partial charge in [0.15, 0.2) is 5.82 Å². The fourth-order valence-electron chi connectivity index (χ4n) is 1.54. The minimum absolute atomic E-state index is 0.0834. The Bertz CT molecular complexity index is 560. The van der Waals surface area contributed by atoms with Crippen LogP contribution < -0.4 is 5.73 Å². The normalized spacial score (nSPS) is 10.9. The molecule has 0 unspecified atom stereocenters. The van der Waals surface area contributed by atoms with Crippen molar-refractivity contribution in [2.24, 2.45) is 0 Å². The smallest absolute Gasteiger partial charge is 0.258 e. The molecule has 0 aliphatic carbocycles. The van der Waals surface area contributed by atoms with Crippen molar-refractivity contribution in [1.82, 2.24) is 10.1 Å². The maximum absolute atomic E-state index is 13.3. The summed E-state index contributed by atoms with van der Waals surface area (Å²) in [7, 11) is 1.61. The Labute approximate surface area is 115 Å². The predicted octanol–water partition coefficient (Wildman–Crippen LogP) is 1.66. The molecule has 0 aliphatic heterocycles. The summed E-state index contributed by atoms with van der Waals surface area (Å²) in [4.78, 5) is 4.17. The summed E-state index contributed by atoms with van der Waals surface area (Å²) in [5.41, 5.74) is 5.99. The van der Waals surface area contributed by atoms with Gasteiger partial charge in [0, 0.05) is 19.1 Å². The standard InChI is InChI=1S/C13H16FN3O3/c1-18-6-7-19-5-4-12-16-13(20-17-12)9-2-3-11(15)10(14)8-9/h2-3,8H,4-7,15H2,1H3. The maximum atomic E-state index is 13.3. The summed E-state index contributed by atoms with van der Waals surface area (Å²) in [6.07, 6.45) is 0.519. The van der Waals surface area contributed by atoms with Gasteiger partial charge >= 0.3 is 0 Å². The van der Waals surface area contributed by atoms with Crippen molar-refractivity contribution in [3.8, 4) is 11.5 Å². The number of hydrogen-bond donors (Lipinski definition) is 1. The molecule has 1 aromatic heterocycles. The number of nitrogen functional groups attached to an aromatic ring is 1. The molecule has 0 bridgehead atoms. The average molecular weight is 281 g/mol. The SMILES string of the molecule is COCCOCCc1noc(-c2ccc(N)c(F)c2)n1. The van der Waals surface area contributed by atoms with Crippen LogP contribution in [0.15, 0.2) is 22.7 Å². The highest BCUT2D eigenvalue weighted by atomic mass is 19.1. The molecule has 2 rings (SSSR count). The highest BCUT2D eigenvalue weighted by molar-refractivity contribution is 5.57. The zero-order chi connectivity index (χ0) is 14.4. The topological polar surface area (TPSA) is 83.4 Å². The van der Waals surface area contributed by atoms with Crippen LogP contribution in [0.2, 0.25) is 0 Å². The summed E-state index contributed by atoms with van der Waals surface area (Å²) in [6, 6.07) is 4.36. The van der Waals surface area contributed by atoms with Crippen molar-refractivity contribution in [2.45, 2.75) is 6.42 Å². The lowest BCUT2D eigenvalue weighted by molar-refractivity contribution is 0.0714. The van der Waals surface area contributed by atoms with E-state index in [1.54, 1.807) is 13.2 Å². The molecule has 0 saturated carbocycles. The molecule has 1 aromatic carbocycles. The van der Waals surface area contributed by atoms with Crippen LogP contribution in [0.25, 0.3) is 11.5 Å². The zero-order valence-electron chi connectivity index (χ0n) is 11.1. The third-order valence-corrected chi connectivity index (χ3v) is 2.62. The van der Waals surface area contributed by atoms with Crippen molar-refractivity contribution < 1.29 is 18.4 Å². The molecule has 0 aliphatic rings. The lowest BCUT2D eigenvalue weighted by Crippen LogP contribution is -2.05. The van der Waals surface area contributed by atoms with Gasteiger partial charge in [-0.25, -0.2) is 4.39 Å². The Morgan fingerprint density at radius 1 is 1.30 bits per heavy atom. The van der Waals surface area contributed by atoms with Gasteiger partial charge in [-0.1, -0.05) is 5.16 Å². The van der Waals surface area contributed by atoms with Crippen LogP contribution >= 0.6 is 0 Å². The predicted molar refractivity (Wildman–Crippen MR) is 70.5 cm³/mol. The molecule has 0 fully saturated rings. The molecule has 6 nitrogen and oxygen atoms in total. The van der Waals surface area contributed by atoms with E-state index in [0.717, 1.165) is 0 Å². The van der Waals surface area contributed by atoms with Gasteiger partial charge in [0.05, 0.1) is 25.5 Å². The summed E-state index contributed by atoms with van der Waals surface area (Å²) >= 11 is 0. The fraction of sp³-hybridized carbons (Fsp3) is 0.385. The van der Waals surface area contributed by atoms with Gasteiger partial charge in [0.25, 0.3) is 5.89 Å². The number of hydrogen-bond acceptors (Lipinski definition) is 6. The number of anilines is 1. The number of ether oxygens (including phenoxy) is 2. The van der Waals surface area contributed by atoms with E-state index < -0.39 is 5.82 Å². The molecule has 0 saturated heterocycles. The molecule has 2 aromatic rings. The average Bonchev–Trinajstić information content (AvgIpc) is 2.90. The summed E-state index contributed by atoms with van der Waals surface area (Å²) in [6.45, 7) is 1.53. The van der Waals surface area contributed by atoms with Gasteiger partial charge in [-0.2, -0.15) is 4.98 Å². The van der Waals surface area contributed by atoms with Crippen LogP contribution in [-0.2, 0) is 15.9 Å². The molecule has 2 N–H and O–H groups in total. The number of rotatable bonds is 7. The highest BCUT2D eigenvalue weighted by Crippen LogP contribution is 2.21. The van der Waals surface area contributed by atoms with E-state index in [4.69, 9.17) is 19.7 Å². The highest BCUT2D eigenvalue weighted by Gasteiger charge is 2.10. The lowest BCUT2D eigenvalue weighted by atomic mass is 10.2. The van der Waals surface area contributed by atoms with E-state index in [2.05, 4.69) is 10.1 Å². The summed E-state index contributed by atoms with van der Waals surface area (Å²) in [5.74, 6) is 0.260. The molecule has 0 amide bonds. The van der Waals surface area contributed by atoms with Crippen LogP contribution in [-0.4, -0.2) is 37.1 Å². The van der Waals surface area contributed by atoms with Gasteiger partial charge in [-0.3, -0.25) is 0 Å². The summed E-state index contributed by atoms with van der Waals surface area (Å²) in [5, 5.41) is 3.81. The first-order valence-electron chi connectivity index (χ1n) is 6.15. The molecule has 0 radical (unpaired) electrons. The van der Waals surface area contributed by atoms with Gasteiger partial charge < -0.3 is 19.7 Å². The third-order valence-electron chi connectivity index (χ3n) is 2.62. The monoisotopic (exact) mass is 281 g/mol. The fourth-order valence-corrected chi connectivity index (χ4v) is 1.54. The van der Waals surface area contributed by atoms with Gasteiger partial charge in [-0.05, 0) is 18.2 Å². The number of methoxy groups -OCH3 is 1. The summed E-state index contributed by atoms with van der Waals surface area (Å²) < 4.78 is 28.6. The van der Waals surface area contributed by atoms with Crippen LogP contribution in [0.1, 0.15) is 5.82 Å². The molecule has 0 spiro atoms. The van der Waals surface area contributed by atoms with E-state index in [9.17, 15) is 4.39 Å². The first kappa shape index (κ1) is 14.4. The molecule has 0 atom stereocenters. The number of nitrogens with zero attached hydrogens (tertiary/aromatic N) is 2. The van der Waals surface area contributed by atoms with Crippen molar-refractivity contribution >= 4 is 5.69 Å². The number of benzene rings is 1. The minimum Gasteiger partial charge on any atom is -0.396 e. The first-order valence-corrected chi connectivity index (χ1v) is 6.15. The second-order valence-electron chi connectivity index (χ2n) is 4.11. The van der Waals surface area contributed by atoms with E-state index >= 15 is 0 Å². The molecule has 20 heavy (non-hydrogen) atoms. The number of aromatic nitrogens is 2. The Morgan fingerprint density at radius 2 is 2.15 bits per heavy atom. The second-order valence-corrected chi connectivity index (χ2v) is 4.11. The Kier molecular flexibility index (Phi) is 5.03. The molecule has 7 heteroatoms. The number of nitrogens with two attached hydrogens (primary N) is 1. The quantitative estimate of drug-likeness (QED) is 0.614. The molecular formula is C13H16FN3O3. The Balaban J connectivity index is 1.93. The van der Waals surface area contributed by atoms with E-state index in [0.29, 0.717) is 37.6 Å². The largest absolute Gasteiger partial charge is 0.396 e. The lowest BCUT2D eigenvalue weighted by Gasteiger charge is -2.00. The van der Waals surface area contributed by atoms with Gasteiger partial charge in [-0.15, -0.1) is 0 Å². The minimum atomic E-state index is -0.509. The van der Waals surface area contributed by atoms with Crippen LogP contribution in [0, 0.1) is 5.82 Å². The van der Waals surface area contributed by atoms with Crippen LogP contribution in [0.3, 0.4) is 0 Å². The van der Waals surface area contributed by atoms with Crippen LogP contribution in [0.4, 0.5) is 10.1 Å². The third kappa shape index (κ3) is 3.75. The maximum Gasteiger partial charge on any atom is 0.258 e. The second kappa shape index (κ2) is 6.97. The molecular weight excluding hydrogens is 265 g/mol. The van der Waals surface area contributed by atoms with E-state index in [-0.39, 0.29) is 11.6 Å². The van der Waals surface area contributed by atoms with Gasteiger partial charge in [0.1, 0.15) is 5.82 Å². The van der Waals surface area contributed by atoms with Crippen LogP contribution in [0.5, 0.6) is 0 Å². The van der Waals surface area contributed by atoms with Crippen molar-refractivity contribution in [3.05, 3.63) is 29.8 Å². The Hall–Kier alpha value is -1.99. The Morgan fingerprint density at radius 3 is 2.90 bits per heavy atom. The first-order chi connectivity index (χ1) is 9.70. The van der Waals surface area contributed by atoms with E-state index in [1.165, 1.54) is 12.1 Å². The van der Waals surface area contributed by atoms with Gasteiger partial charge in [0.2, 0.25) is 0 Å². The van der Waals surface area contributed by atoms with E-state index in [1.807, 2.05) is 0 Å². The van der Waals surface area contributed by atoms with Crippen molar-refractivity contribution in [1.29, 1.82) is 0 Å². The molecule has 108 valence electrons.